The van der Waals surface area contributed by atoms with Crippen molar-refractivity contribution in [3.05, 3.63) is 34.9 Å². The number of benzene rings is 1. The highest BCUT2D eigenvalue weighted by Gasteiger charge is 2.19. The summed E-state index contributed by atoms with van der Waals surface area (Å²) in [6, 6.07) is 2.33. The number of hydrogen-bond donors (Lipinski definition) is 1. The second kappa shape index (κ2) is 6.05. The molecule has 0 spiro atoms. The maximum absolute atomic E-state index is 13.7. The molecular weight excluding hydrogens is 289 g/mol. The first-order valence-electron chi connectivity index (χ1n) is 6.71. The first-order valence-corrected chi connectivity index (χ1v) is 6.71. The third-order valence-electron chi connectivity index (χ3n) is 3.38. The Morgan fingerprint density at radius 3 is 2.50 bits per heavy atom. The van der Waals surface area contributed by atoms with Gasteiger partial charge in [-0.1, -0.05) is 0 Å². The van der Waals surface area contributed by atoms with Crippen LogP contribution >= 0.6 is 0 Å². The average Bonchev–Trinajstić information content (AvgIpc) is 2.45. The van der Waals surface area contributed by atoms with Gasteiger partial charge in [0.25, 0.3) is 5.91 Å². The van der Waals surface area contributed by atoms with Crippen molar-refractivity contribution < 1.29 is 19.1 Å². The highest BCUT2D eigenvalue weighted by Crippen LogP contribution is 2.20. The van der Waals surface area contributed by atoms with Crippen LogP contribution in [0.4, 0.5) is 4.39 Å². The first kappa shape index (κ1) is 15.8. The number of amides is 1. The number of carbonyl (C=O) groups excluding carboxylic acids is 1. The molecule has 0 unspecified atom stereocenters. The largest absolute Gasteiger partial charge is 0.481 e. The number of carboxylic acids is 1. The summed E-state index contributed by atoms with van der Waals surface area (Å²) >= 11 is 0. The second-order valence-corrected chi connectivity index (χ2v) is 5.09. The molecule has 0 saturated heterocycles. The van der Waals surface area contributed by atoms with E-state index in [1.54, 1.807) is 13.8 Å². The van der Waals surface area contributed by atoms with Crippen LogP contribution in [0, 0.1) is 19.7 Å². The van der Waals surface area contributed by atoms with Gasteiger partial charge in [-0.05, 0) is 19.9 Å². The van der Waals surface area contributed by atoms with Gasteiger partial charge in [0, 0.05) is 19.7 Å². The Labute approximate surface area is 126 Å². The lowest BCUT2D eigenvalue weighted by molar-refractivity contribution is -0.137. The minimum absolute atomic E-state index is 0.0322. The predicted molar refractivity (Wildman–Crippen MR) is 78.2 cm³/mol. The zero-order valence-corrected chi connectivity index (χ0v) is 12.6. The molecule has 22 heavy (non-hydrogen) atoms. The molecule has 0 bridgehead atoms. The maximum Gasteiger partial charge on any atom is 0.305 e. The molecule has 0 aliphatic heterocycles. The van der Waals surface area contributed by atoms with Crippen molar-refractivity contribution in [3.63, 3.8) is 0 Å². The Morgan fingerprint density at radius 2 is 1.86 bits per heavy atom. The van der Waals surface area contributed by atoms with Crippen LogP contribution in [0.2, 0.25) is 0 Å². The predicted octanol–water partition coefficient (Wildman–Crippen LogP) is 1.93. The fourth-order valence-corrected chi connectivity index (χ4v) is 2.03. The molecule has 1 N–H and O–H groups in total. The number of nitrogens with zero attached hydrogens (tertiary/aromatic N) is 3. The molecule has 0 aliphatic carbocycles. The average molecular weight is 305 g/mol. The van der Waals surface area contributed by atoms with Crippen LogP contribution in [0.3, 0.4) is 0 Å². The lowest BCUT2D eigenvalue weighted by Crippen LogP contribution is -2.29. The van der Waals surface area contributed by atoms with Crippen molar-refractivity contribution in [1.29, 1.82) is 0 Å². The molecule has 0 fully saturated rings. The van der Waals surface area contributed by atoms with Crippen molar-refractivity contribution >= 4 is 22.9 Å². The highest BCUT2D eigenvalue weighted by atomic mass is 19.1. The summed E-state index contributed by atoms with van der Waals surface area (Å²) in [5, 5.41) is 8.68. The summed E-state index contributed by atoms with van der Waals surface area (Å²) in [4.78, 5) is 32.8. The molecule has 6 nitrogen and oxygen atoms in total. The Hall–Kier alpha value is -2.57. The zero-order valence-electron chi connectivity index (χ0n) is 12.6. The van der Waals surface area contributed by atoms with E-state index >= 15 is 0 Å². The molecule has 0 saturated carbocycles. The van der Waals surface area contributed by atoms with Gasteiger partial charge >= 0.3 is 5.97 Å². The van der Waals surface area contributed by atoms with E-state index in [1.807, 2.05) is 0 Å². The number of rotatable bonds is 4. The molecule has 1 aromatic carbocycles. The van der Waals surface area contributed by atoms with Crippen LogP contribution in [0.5, 0.6) is 0 Å². The van der Waals surface area contributed by atoms with Crippen molar-refractivity contribution in [2.45, 2.75) is 20.3 Å². The molecule has 0 atom stereocenters. The monoisotopic (exact) mass is 305 g/mol. The molecule has 1 aromatic heterocycles. The third kappa shape index (κ3) is 3.19. The Kier molecular flexibility index (Phi) is 4.35. The Morgan fingerprint density at radius 1 is 1.23 bits per heavy atom. The summed E-state index contributed by atoms with van der Waals surface area (Å²) in [5.41, 5.74) is 2.02. The molecule has 1 amide bonds. The molecule has 7 heteroatoms. The molecule has 0 aliphatic rings. The molecule has 116 valence electrons. The van der Waals surface area contributed by atoms with E-state index in [9.17, 15) is 14.0 Å². The molecule has 1 heterocycles. The van der Waals surface area contributed by atoms with Crippen LogP contribution in [0.25, 0.3) is 11.0 Å². The second-order valence-electron chi connectivity index (χ2n) is 5.09. The number of hydrogen-bond acceptors (Lipinski definition) is 4. The minimum atomic E-state index is -1.00. The molecular formula is C15H16FN3O3. The SMILES string of the molecule is Cc1nc2cc(F)cc(C(=O)N(C)CCC(=O)O)c2nc1C. The lowest BCUT2D eigenvalue weighted by Gasteiger charge is -2.17. The van der Waals surface area contributed by atoms with Crippen LogP contribution in [0.15, 0.2) is 12.1 Å². The number of aromatic nitrogens is 2. The number of aryl methyl sites for hydroxylation is 2. The van der Waals surface area contributed by atoms with Gasteiger partial charge in [-0.25, -0.2) is 14.4 Å². The lowest BCUT2D eigenvalue weighted by atomic mass is 10.1. The first-order chi connectivity index (χ1) is 10.3. The van der Waals surface area contributed by atoms with Gasteiger partial charge in [-0.3, -0.25) is 9.59 Å². The quantitative estimate of drug-likeness (QED) is 0.933. The fourth-order valence-electron chi connectivity index (χ4n) is 2.03. The van der Waals surface area contributed by atoms with Crippen molar-refractivity contribution in [2.24, 2.45) is 0 Å². The summed E-state index contributed by atoms with van der Waals surface area (Å²) in [6.45, 7) is 3.55. The van der Waals surface area contributed by atoms with E-state index in [4.69, 9.17) is 5.11 Å². The van der Waals surface area contributed by atoms with Gasteiger partial charge in [0.05, 0.1) is 28.9 Å². The van der Waals surface area contributed by atoms with Crippen LogP contribution in [-0.4, -0.2) is 45.4 Å². The van der Waals surface area contributed by atoms with E-state index in [0.717, 1.165) is 6.07 Å². The van der Waals surface area contributed by atoms with Gasteiger partial charge in [0.1, 0.15) is 11.3 Å². The fraction of sp³-hybridized carbons (Fsp3) is 0.333. The number of carbonyl (C=O) groups is 2. The van der Waals surface area contributed by atoms with Crippen molar-refractivity contribution in [2.75, 3.05) is 13.6 Å². The van der Waals surface area contributed by atoms with Crippen LogP contribution in [-0.2, 0) is 4.79 Å². The van der Waals surface area contributed by atoms with E-state index < -0.39 is 17.7 Å². The molecule has 2 rings (SSSR count). The molecule has 0 radical (unpaired) electrons. The Balaban J connectivity index is 2.47. The third-order valence-corrected chi connectivity index (χ3v) is 3.38. The van der Waals surface area contributed by atoms with Gasteiger partial charge < -0.3 is 10.0 Å². The number of carboxylic acid groups (broad SMARTS) is 1. The standard InChI is InChI=1S/C15H16FN3O3/c1-8-9(2)18-14-11(6-10(16)7-12(14)17-8)15(22)19(3)5-4-13(20)21/h6-7H,4-5H2,1-3H3,(H,20,21). The van der Waals surface area contributed by atoms with Gasteiger partial charge in [0.2, 0.25) is 0 Å². The topological polar surface area (TPSA) is 83.4 Å². The maximum atomic E-state index is 13.7. The van der Waals surface area contributed by atoms with Crippen molar-refractivity contribution in [1.82, 2.24) is 14.9 Å². The van der Waals surface area contributed by atoms with Crippen LogP contribution in [0.1, 0.15) is 28.2 Å². The Bertz CT molecular complexity index is 761. The summed E-state index contributed by atoms with van der Waals surface area (Å²) < 4.78 is 13.7. The minimum Gasteiger partial charge on any atom is -0.481 e. The normalized spacial score (nSPS) is 10.7. The van der Waals surface area contributed by atoms with Gasteiger partial charge in [-0.2, -0.15) is 0 Å². The van der Waals surface area contributed by atoms with Crippen molar-refractivity contribution in [3.8, 4) is 0 Å². The van der Waals surface area contributed by atoms with E-state index in [-0.39, 0.29) is 18.5 Å². The molecule has 2 aromatic rings. The number of fused-ring (bicyclic) bond motifs is 1. The highest BCUT2D eigenvalue weighted by molar-refractivity contribution is 6.04. The zero-order chi connectivity index (χ0) is 16.4. The number of halogens is 1. The number of aliphatic carboxylic acids is 1. The van der Waals surface area contributed by atoms with Crippen LogP contribution < -0.4 is 0 Å². The van der Waals surface area contributed by atoms with E-state index in [1.165, 1.54) is 18.0 Å². The summed E-state index contributed by atoms with van der Waals surface area (Å²) in [7, 11) is 1.47. The summed E-state index contributed by atoms with van der Waals surface area (Å²) in [6.07, 6.45) is -0.181. The van der Waals surface area contributed by atoms with Gasteiger partial charge in [0.15, 0.2) is 0 Å². The van der Waals surface area contributed by atoms with E-state index in [0.29, 0.717) is 22.4 Å². The van der Waals surface area contributed by atoms with Gasteiger partial charge in [-0.15, -0.1) is 0 Å². The van der Waals surface area contributed by atoms with E-state index in [2.05, 4.69) is 9.97 Å². The smallest absolute Gasteiger partial charge is 0.305 e. The summed E-state index contributed by atoms with van der Waals surface area (Å²) in [5.74, 6) is -2.07.